The number of rotatable bonds is 4. The maximum Gasteiger partial charge on any atom is 0.511 e. The number of hydrogen-bond donors (Lipinski definition) is 4. The number of benzene rings is 2. The van der Waals surface area contributed by atoms with Crippen molar-refractivity contribution in [2.24, 2.45) is 0 Å². The third kappa shape index (κ3) is 4.61. The zero-order valence-corrected chi connectivity index (χ0v) is 15.8. The van der Waals surface area contributed by atoms with Crippen molar-refractivity contribution >= 4 is 48.1 Å². The molecule has 0 aliphatic carbocycles. The van der Waals surface area contributed by atoms with E-state index in [9.17, 15) is 19.2 Å². The molecule has 0 spiro atoms. The van der Waals surface area contributed by atoms with Crippen molar-refractivity contribution in [2.75, 3.05) is 0 Å². The second-order valence-electron chi connectivity index (χ2n) is 5.14. The molecule has 0 atom stereocenters. The van der Waals surface area contributed by atoms with Crippen molar-refractivity contribution in [3.05, 3.63) is 24.3 Å². The van der Waals surface area contributed by atoms with Gasteiger partial charge in [-0.15, -0.1) is 0 Å². The van der Waals surface area contributed by atoms with Crippen LogP contribution in [0.25, 0.3) is 0 Å². The lowest BCUT2D eigenvalue weighted by atomic mass is 10.3. The lowest BCUT2D eigenvalue weighted by Gasteiger charge is -2.22. The number of carboxylic acid groups (broad SMARTS) is 4. The minimum absolute atomic E-state index is 0.182. The van der Waals surface area contributed by atoms with Gasteiger partial charge in [0.15, 0.2) is 23.0 Å². The quantitative estimate of drug-likeness (QED) is 0.317. The van der Waals surface area contributed by atoms with Crippen LogP contribution >= 0.6 is 23.5 Å². The minimum atomic E-state index is -1.72. The van der Waals surface area contributed by atoms with Gasteiger partial charge in [0.25, 0.3) is 0 Å². The molecule has 2 aromatic carbocycles. The first-order valence-electron chi connectivity index (χ1n) is 7.48. The van der Waals surface area contributed by atoms with E-state index in [0.717, 1.165) is 23.5 Å². The Morgan fingerprint density at radius 3 is 1.57 bits per heavy atom. The van der Waals surface area contributed by atoms with Gasteiger partial charge in [-0.2, -0.15) is 0 Å². The van der Waals surface area contributed by atoms with Crippen LogP contribution in [-0.4, -0.2) is 45.0 Å². The second-order valence-corrected chi connectivity index (χ2v) is 7.28. The zero-order valence-electron chi connectivity index (χ0n) is 14.2. The van der Waals surface area contributed by atoms with Crippen LogP contribution in [0.3, 0.4) is 0 Å². The highest BCUT2D eigenvalue weighted by atomic mass is 32.2. The third-order valence-corrected chi connectivity index (χ3v) is 5.81. The molecule has 3 rings (SSSR count). The van der Waals surface area contributed by atoms with Gasteiger partial charge in [-0.05, 0) is 12.1 Å². The van der Waals surface area contributed by atoms with Gasteiger partial charge >= 0.3 is 24.6 Å². The van der Waals surface area contributed by atoms with E-state index in [1.807, 2.05) is 0 Å². The van der Waals surface area contributed by atoms with Crippen LogP contribution in [0.4, 0.5) is 19.2 Å². The van der Waals surface area contributed by atoms with Gasteiger partial charge in [0.2, 0.25) is 0 Å². The van der Waals surface area contributed by atoms with Crippen LogP contribution < -0.4 is 18.9 Å². The maximum absolute atomic E-state index is 11.1. The molecular formula is C16H8O12S2. The summed E-state index contributed by atoms with van der Waals surface area (Å²) in [7, 11) is 0. The van der Waals surface area contributed by atoms with E-state index in [1.165, 1.54) is 24.3 Å². The van der Waals surface area contributed by atoms with E-state index in [0.29, 0.717) is 14.7 Å². The third-order valence-electron chi connectivity index (χ3n) is 3.26. The highest BCUT2D eigenvalue weighted by molar-refractivity contribution is 8.05. The van der Waals surface area contributed by atoms with E-state index in [1.54, 1.807) is 0 Å². The molecule has 12 nitrogen and oxygen atoms in total. The molecule has 0 bridgehead atoms. The number of fused-ring (bicyclic) bond motifs is 2. The number of hydrogen-bond acceptors (Lipinski definition) is 10. The molecule has 156 valence electrons. The molecule has 2 aromatic rings. The molecule has 0 radical (unpaired) electrons. The Balaban J connectivity index is 2.09. The Morgan fingerprint density at radius 1 is 0.600 bits per heavy atom. The van der Waals surface area contributed by atoms with Crippen LogP contribution in [0.2, 0.25) is 0 Å². The summed E-state index contributed by atoms with van der Waals surface area (Å²) in [6.45, 7) is 0. The number of ether oxygens (including phenoxy) is 4. The van der Waals surface area contributed by atoms with E-state index >= 15 is 0 Å². The summed E-state index contributed by atoms with van der Waals surface area (Å²) < 4.78 is 18.4. The van der Waals surface area contributed by atoms with Gasteiger partial charge < -0.3 is 39.4 Å². The molecule has 0 unspecified atom stereocenters. The van der Waals surface area contributed by atoms with Crippen LogP contribution in [0, 0.1) is 0 Å². The van der Waals surface area contributed by atoms with E-state index in [-0.39, 0.29) is 22.1 Å². The smallest absolute Gasteiger partial charge is 0.449 e. The summed E-state index contributed by atoms with van der Waals surface area (Å²) in [4.78, 5) is 45.1. The van der Waals surface area contributed by atoms with Crippen molar-refractivity contribution < 1.29 is 58.6 Å². The van der Waals surface area contributed by atoms with E-state index in [4.69, 9.17) is 25.2 Å². The lowest BCUT2D eigenvalue weighted by molar-refractivity contribution is 0.131. The lowest BCUT2D eigenvalue weighted by Crippen LogP contribution is -2.11. The van der Waals surface area contributed by atoms with Crippen molar-refractivity contribution in [2.45, 2.75) is 19.6 Å². The SMILES string of the molecule is O=C(O)Oc1cc2c(cc1OC(=O)O)Sc1c(ccc(OC(=O)O)c1OC(=O)O)S2. The summed E-state index contributed by atoms with van der Waals surface area (Å²) >= 11 is 1.95. The zero-order chi connectivity index (χ0) is 22.0. The first kappa shape index (κ1) is 20.9. The van der Waals surface area contributed by atoms with Crippen molar-refractivity contribution in [3.63, 3.8) is 0 Å². The molecule has 14 heteroatoms. The fraction of sp³-hybridized carbons (Fsp3) is 0. The number of carbonyl (C=O) groups is 4. The Bertz CT molecular complexity index is 1070. The summed E-state index contributed by atoms with van der Waals surface area (Å²) in [5, 5.41) is 35.5. The molecule has 1 aliphatic heterocycles. The predicted molar refractivity (Wildman–Crippen MR) is 95.7 cm³/mol. The fourth-order valence-electron chi connectivity index (χ4n) is 2.32. The summed E-state index contributed by atoms with van der Waals surface area (Å²) in [5.41, 5.74) is 0. The minimum Gasteiger partial charge on any atom is -0.449 e. The normalized spacial score (nSPS) is 11.5. The average Bonchev–Trinajstić information content (AvgIpc) is 2.61. The fourth-order valence-corrected chi connectivity index (χ4v) is 4.65. The van der Waals surface area contributed by atoms with Crippen LogP contribution in [0.15, 0.2) is 43.8 Å². The Morgan fingerprint density at radius 2 is 1.07 bits per heavy atom. The van der Waals surface area contributed by atoms with Gasteiger partial charge in [-0.25, -0.2) is 19.2 Å². The van der Waals surface area contributed by atoms with Crippen LogP contribution in [0.5, 0.6) is 23.0 Å². The molecule has 1 aliphatic rings. The van der Waals surface area contributed by atoms with Gasteiger partial charge in [0.1, 0.15) is 0 Å². The highest BCUT2D eigenvalue weighted by Gasteiger charge is 2.28. The summed E-state index contributed by atoms with van der Waals surface area (Å²) in [6.07, 6.45) is -6.81. The molecule has 0 fully saturated rings. The Kier molecular flexibility index (Phi) is 5.79. The van der Waals surface area contributed by atoms with E-state index < -0.39 is 30.4 Å². The topological polar surface area (TPSA) is 186 Å². The van der Waals surface area contributed by atoms with Crippen molar-refractivity contribution in [1.82, 2.24) is 0 Å². The van der Waals surface area contributed by atoms with Gasteiger partial charge in [-0.1, -0.05) is 23.5 Å². The molecule has 0 aromatic heterocycles. The monoisotopic (exact) mass is 456 g/mol. The standard InChI is InChI=1S/C16H8O12S2/c17-13(18)25-5-1-2-8-12(11(5)28-16(23)24)30-10-4-7(27-15(21)22)6(26-14(19)20)3-9(10)29-8/h1-4H,(H,17,18)(H,19,20)(H,21,22)(H,23,24). The van der Waals surface area contributed by atoms with Gasteiger partial charge in [0.05, 0.1) is 4.90 Å². The molecule has 30 heavy (non-hydrogen) atoms. The van der Waals surface area contributed by atoms with Crippen molar-refractivity contribution in [3.8, 4) is 23.0 Å². The molecular weight excluding hydrogens is 448 g/mol. The molecule has 4 N–H and O–H groups in total. The highest BCUT2D eigenvalue weighted by Crippen LogP contribution is 2.56. The average molecular weight is 456 g/mol. The predicted octanol–water partition coefficient (Wildman–Crippen LogP) is 4.53. The largest absolute Gasteiger partial charge is 0.511 e. The second kappa shape index (κ2) is 8.30. The molecule has 1 heterocycles. The summed E-state index contributed by atoms with van der Waals surface area (Å²) in [6, 6.07) is 5.06. The maximum atomic E-state index is 11.1. The van der Waals surface area contributed by atoms with Gasteiger partial charge in [-0.3, -0.25) is 0 Å². The Hall–Kier alpha value is -3.78. The summed E-state index contributed by atoms with van der Waals surface area (Å²) in [5.74, 6) is -1.53. The first-order valence-corrected chi connectivity index (χ1v) is 9.11. The molecule has 0 amide bonds. The van der Waals surface area contributed by atoms with Crippen LogP contribution in [-0.2, 0) is 0 Å². The Labute approximate surface area is 173 Å². The van der Waals surface area contributed by atoms with E-state index in [2.05, 4.69) is 14.2 Å². The van der Waals surface area contributed by atoms with Crippen LogP contribution in [0.1, 0.15) is 0 Å². The molecule has 0 saturated carbocycles. The van der Waals surface area contributed by atoms with Gasteiger partial charge in [0, 0.05) is 26.8 Å². The first-order chi connectivity index (χ1) is 14.1. The molecule has 0 saturated heterocycles. The van der Waals surface area contributed by atoms with Crippen molar-refractivity contribution in [1.29, 1.82) is 0 Å².